The summed E-state index contributed by atoms with van der Waals surface area (Å²) >= 11 is 0. The summed E-state index contributed by atoms with van der Waals surface area (Å²) in [6.07, 6.45) is 2.63. The number of aryl methyl sites for hydroxylation is 1. The minimum Gasteiger partial charge on any atom is -0.497 e. The van der Waals surface area contributed by atoms with Gasteiger partial charge in [-0.15, -0.1) is 0 Å². The van der Waals surface area contributed by atoms with Crippen LogP contribution < -0.4 is 10.1 Å². The molecule has 0 bridgehead atoms. The highest BCUT2D eigenvalue weighted by atomic mass is 16.5. The van der Waals surface area contributed by atoms with Crippen LogP contribution in [0.5, 0.6) is 5.75 Å². The number of nitrogens with zero attached hydrogens (tertiary/aromatic N) is 2. The Labute approximate surface area is 159 Å². The van der Waals surface area contributed by atoms with E-state index >= 15 is 0 Å². The number of fused-ring (bicyclic) bond motifs is 3. The van der Waals surface area contributed by atoms with Crippen LogP contribution in [-0.4, -0.2) is 67.5 Å². The first-order valence-electron chi connectivity index (χ1n) is 9.59. The smallest absolute Gasteiger partial charge is 0.269 e. The van der Waals surface area contributed by atoms with Gasteiger partial charge in [0.25, 0.3) is 5.91 Å². The lowest BCUT2D eigenvalue weighted by atomic mass is 9.89. The van der Waals surface area contributed by atoms with Gasteiger partial charge in [0.05, 0.1) is 26.0 Å². The van der Waals surface area contributed by atoms with E-state index < -0.39 is 0 Å². The highest BCUT2D eigenvalue weighted by Gasteiger charge is 2.25. The Morgan fingerprint density at radius 3 is 3.00 bits per heavy atom. The fourth-order valence-electron chi connectivity index (χ4n) is 3.83. The maximum atomic E-state index is 12.6. The Kier molecular flexibility index (Phi) is 5.40. The number of carbonyl (C=O) groups is 1. The minimum atomic E-state index is -0.0670. The molecule has 0 spiro atoms. The van der Waals surface area contributed by atoms with Crippen molar-refractivity contribution in [1.29, 1.82) is 0 Å². The molecule has 1 aromatic heterocycles. The van der Waals surface area contributed by atoms with Gasteiger partial charge < -0.3 is 14.8 Å². The second-order valence-corrected chi connectivity index (χ2v) is 7.01. The van der Waals surface area contributed by atoms with E-state index in [1.165, 1.54) is 5.56 Å². The van der Waals surface area contributed by atoms with Crippen LogP contribution >= 0.6 is 0 Å². The predicted molar refractivity (Wildman–Crippen MR) is 102 cm³/mol. The predicted octanol–water partition coefficient (Wildman–Crippen LogP) is 1.64. The molecule has 7 nitrogen and oxygen atoms in total. The molecule has 2 N–H and O–H groups in total. The zero-order chi connectivity index (χ0) is 18.6. The highest BCUT2D eigenvalue weighted by Crippen LogP contribution is 2.35. The van der Waals surface area contributed by atoms with E-state index in [9.17, 15) is 4.79 Å². The van der Waals surface area contributed by atoms with Crippen molar-refractivity contribution in [3.05, 3.63) is 35.0 Å². The molecule has 1 aliphatic heterocycles. The molecule has 144 valence electrons. The molecule has 2 aromatic rings. The van der Waals surface area contributed by atoms with Crippen LogP contribution in [0.2, 0.25) is 0 Å². The number of aromatic amines is 1. The largest absolute Gasteiger partial charge is 0.497 e. The van der Waals surface area contributed by atoms with Gasteiger partial charge in [0.2, 0.25) is 0 Å². The molecular formula is C20H26N4O3. The molecule has 2 heterocycles. The van der Waals surface area contributed by atoms with Crippen LogP contribution in [0.4, 0.5) is 0 Å². The molecule has 0 saturated carbocycles. The van der Waals surface area contributed by atoms with E-state index in [0.717, 1.165) is 74.7 Å². The number of benzene rings is 1. The fourth-order valence-corrected chi connectivity index (χ4v) is 3.83. The van der Waals surface area contributed by atoms with Gasteiger partial charge in [-0.3, -0.25) is 14.8 Å². The first-order valence-corrected chi connectivity index (χ1v) is 9.59. The Hall–Kier alpha value is -2.38. The molecule has 27 heavy (non-hydrogen) atoms. The van der Waals surface area contributed by atoms with Crippen molar-refractivity contribution in [2.24, 2.45) is 0 Å². The van der Waals surface area contributed by atoms with Crippen LogP contribution in [-0.2, 0) is 17.6 Å². The standard InChI is InChI=1S/C20H26N4O3/c1-26-15-4-6-16-14(13-15)3-5-17-18(16)22-23-19(17)20(25)21-7-2-8-24-9-11-27-12-10-24/h4,6,13H,2-3,5,7-12H2,1H3,(H,21,25)(H,22,23). The lowest BCUT2D eigenvalue weighted by Gasteiger charge is -2.26. The minimum absolute atomic E-state index is 0.0670. The molecule has 0 unspecified atom stereocenters. The number of rotatable bonds is 6. The van der Waals surface area contributed by atoms with Gasteiger partial charge >= 0.3 is 0 Å². The summed E-state index contributed by atoms with van der Waals surface area (Å²) in [5.41, 5.74) is 4.79. The topological polar surface area (TPSA) is 79.5 Å². The summed E-state index contributed by atoms with van der Waals surface area (Å²) in [6, 6.07) is 6.02. The first-order chi connectivity index (χ1) is 13.3. The number of amides is 1. The lowest BCUT2D eigenvalue weighted by Crippen LogP contribution is -2.38. The number of carbonyl (C=O) groups excluding carboxylic acids is 1. The molecule has 4 rings (SSSR count). The van der Waals surface area contributed by atoms with Gasteiger partial charge in [0, 0.05) is 30.8 Å². The van der Waals surface area contributed by atoms with Gasteiger partial charge in [0.15, 0.2) is 0 Å². The van der Waals surface area contributed by atoms with E-state index in [0.29, 0.717) is 12.2 Å². The molecule has 1 saturated heterocycles. The molecule has 1 amide bonds. The van der Waals surface area contributed by atoms with Crippen molar-refractivity contribution in [3.63, 3.8) is 0 Å². The monoisotopic (exact) mass is 370 g/mol. The SMILES string of the molecule is COc1ccc2c(c1)CCc1c-2n[nH]c1C(=O)NCCCN1CCOCC1. The first kappa shape index (κ1) is 18.0. The summed E-state index contributed by atoms with van der Waals surface area (Å²) in [5, 5.41) is 10.4. The normalized spacial score (nSPS) is 16.5. The van der Waals surface area contributed by atoms with Crippen LogP contribution in [0, 0.1) is 0 Å². The van der Waals surface area contributed by atoms with Crippen LogP contribution in [0.25, 0.3) is 11.3 Å². The zero-order valence-electron chi connectivity index (χ0n) is 15.7. The third kappa shape index (κ3) is 3.84. The second kappa shape index (κ2) is 8.10. The summed E-state index contributed by atoms with van der Waals surface area (Å²) in [4.78, 5) is 15.0. The van der Waals surface area contributed by atoms with Crippen molar-refractivity contribution >= 4 is 5.91 Å². The third-order valence-corrected chi connectivity index (χ3v) is 5.35. The van der Waals surface area contributed by atoms with Crippen molar-refractivity contribution in [2.45, 2.75) is 19.3 Å². The Morgan fingerprint density at radius 2 is 2.19 bits per heavy atom. The number of nitrogens with one attached hydrogen (secondary N) is 2. The van der Waals surface area contributed by atoms with Crippen molar-refractivity contribution < 1.29 is 14.3 Å². The van der Waals surface area contributed by atoms with Crippen molar-refractivity contribution in [1.82, 2.24) is 20.4 Å². The maximum Gasteiger partial charge on any atom is 0.269 e. The maximum absolute atomic E-state index is 12.6. The highest BCUT2D eigenvalue weighted by molar-refractivity contribution is 5.96. The van der Waals surface area contributed by atoms with E-state index in [1.54, 1.807) is 7.11 Å². The second-order valence-electron chi connectivity index (χ2n) is 7.01. The number of morpholine rings is 1. The van der Waals surface area contributed by atoms with E-state index in [1.807, 2.05) is 12.1 Å². The van der Waals surface area contributed by atoms with Crippen molar-refractivity contribution in [2.75, 3.05) is 46.5 Å². The average Bonchev–Trinajstić information content (AvgIpc) is 3.16. The van der Waals surface area contributed by atoms with Crippen LogP contribution in [0.15, 0.2) is 18.2 Å². The summed E-state index contributed by atoms with van der Waals surface area (Å²) < 4.78 is 10.7. The van der Waals surface area contributed by atoms with Crippen molar-refractivity contribution in [3.8, 4) is 17.0 Å². The average molecular weight is 370 g/mol. The molecule has 2 aliphatic rings. The number of ether oxygens (including phenoxy) is 2. The van der Waals surface area contributed by atoms with E-state index in [-0.39, 0.29) is 5.91 Å². The fraction of sp³-hybridized carbons (Fsp3) is 0.500. The number of H-pyrrole nitrogens is 1. The number of hydrogen-bond donors (Lipinski definition) is 2. The molecule has 0 atom stereocenters. The van der Waals surface area contributed by atoms with E-state index in [4.69, 9.17) is 9.47 Å². The number of aromatic nitrogens is 2. The number of methoxy groups -OCH3 is 1. The summed E-state index contributed by atoms with van der Waals surface area (Å²) in [6.45, 7) is 5.22. The molecule has 0 radical (unpaired) electrons. The zero-order valence-corrected chi connectivity index (χ0v) is 15.7. The van der Waals surface area contributed by atoms with Gasteiger partial charge in [-0.1, -0.05) is 0 Å². The molecule has 7 heteroatoms. The van der Waals surface area contributed by atoms with Gasteiger partial charge in [-0.2, -0.15) is 5.10 Å². The quantitative estimate of drug-likeness (QED) is 0.756. The molecule has 1 fully saturated rings. The molecular weight excluding hydrogens is 344 g/mol. The molecule has 1 aromatic carbocycles. The Bertz CT molecular complexity index is 812. The van der Waals surface area contributed by atoms with Gasteiger partial charge in [-0.05, 0) is 49.6 Å². The van der Waals surface area contributed by atoms with Gasteiger partial charge in [-0.25, -0.2) is 0 Å². The van der Waals surface area contributed by atoms with Crippen LogP contribution in [0.1, 0.15) is 28.0 Å². The summed E-state index contributed by atoms with van der Waals surface area (Å²) in [7, 11) is 1.67. The Balaban J connectivity index is 1.37. The third-order valence-electron chi connectivity index (χ3n) is 5.35. The molecule has 1 aliphatic carbocycles. The van der Waals surface area contributed by atoms with Crippen LogP contribution in [0.3, 0.4) is 0 Å². The van der Waals surface area contributed by atoms with Gasteiger partial charge in [0.1, 0.15) is 11.4 Å². The Morgan fingerprint density at radius 1 is 1.33 bits per heavy atom. The summed E-state index contributed by atoms with van der Waals surface area (Å²) in [5.74, 6) is 0.786. The number of hydrogen-bond acceptors (Lipinski definition) is 5. The van der Waals surface area contributed by atoms with E-state index in [2.05, 4.69) is 26.5 Å². The lowest BCUT2D eigenvalue weighted by molar-refractivity contribution is 0.0374.